The first-order valence-electron chi connectivity index (χ1n) is 13.2. The van der Waals surface area contributed by atoms with Crippen molar-refractivity contribution in [2.24, 2.45) is 0 Å². The summed E-state index contributed by atoms with van der Waals surface area (Å²) in [6, 6.07) is 13.4. The van der Waals surface area contributed by atoms with Gasteiger partial charge in [0, 0.05) is 35.6 Å². The molecule has 0 spiro atoms. The Balaban J connectivity index is 1.55. The number of aromatic nitrogens is 1. The van der Waals surface area contributed by atoms with Crippen molar-refractivity contribution in [1.29, 1.82) is 0 Å². The van der Waals surface area contributed by atoms with Crippen LogP contribution < -0.4 is 9.47 Å². The van der Waals surface area contributed by atoms with Gasteiger partial charge in [-0.15, -0.1) is 11.3 Å². The second-order valence-electron chi connectivity index (χ2n) is 9.98. The van der Waals surface area contributed by atoms with Crippen LogP contribution in [0, 0.1) is 13.8 Å². The molecule has 0 saturated carbocycles. The molecule has 1 N–H and O–H groups in total. The molecule has 1 amide bonds. The predicted octanol–water partition coefficient (Wildman–Crippen LogP) is 3.24. The summed E-state index contributed by atoms with van der Waals surface area (Å²) in [5.74, 6) is -0.501. The predicted molar refractivity (Wildman–Crippen MR) is 156 cm³/mol. The lowest BCUT2D eigenvalue weighted by Crippen LogP contribution is -2.54. The Morgan fingerprint density at radius 2 is 1.73 bits per heavy atom. The highest BCUT2D eigenvalue weighted by molar-refractivity contribution is 7.89. The molecule has 10 nitrogen and oxygen atoms in total. The molecule has 0 aliphatic carbocycles. The van der Waals surface area contributed by atoms with E-state index >= 15 is 0 Å². The number of benzene rings is 2. The first-order chi connectivity index (χ1) is 19.5. The molecule has 4 rings (SSSR count). The van der Waals surface area contributed by atoms with Gasteiger partial charge in [-0.2, -0.15) is 4.31 Å². The van der Waals surface area contributed by atoms with Crippen LogP contribution in [-0.2, 0) is 23.0 Å². The number of carbonyl (C=O) groups excluding carboxylic acids is 2. The number of ether oxygens (including phenoxy) is 2. The first-order valence-corrected chi connectivity index (χ1v) is 15.7. The van der Waals surface area contributed by atoms with Crippen LogP contribution in [0.2, 0.25) is 0 Å². The summed E-state index contributed by atoms with van der Waals surface area (Å²) in [4.78, 5) is 33.5. The number of nitrogens with zero attached hydrogens (tertiary/aromatic N) is 3. The normalized spacial score (nSPS) is 14.0. The topological polar surface area (TPSA) is 126 Å². The van der Waals surface area contributed by atoms with E-state index in [1.165, 1.54) is 25.6 Å². The van der Waals surface area contributed by atoms with E-state index in [1.807, 2.05) is 37.3 Å². The number of aryl methyl sites for hydroxylation is 2. The van der Waals surface area contributed by atoms with Crippen LogP contribution in [0.1, 0.15) is 48.3 Å². The summed E-state index contributed by atoms with van der Waals surface area (Å²) in [6.07, 6.45) is 0.771. The lowest BCUT2D eigenvalue weighted by Gasteiger charge is -2.34. The molecule has 0 unspecified atom stereocenters. The molecule has 0 bridgehead atoms. The number of aliphatic hydroxyl groups is 1. The van der Waals surface area contributed by atoms with Crippen LogP contribution in [0.15, 0.2) is 42.5 Å². The molecule has 1 aromatic heterocycles. The van der Waals surface area contributed by atoms with E-state index in [4.69, 9.17) is 9.47 Å². The number of ketones is 1. The van der Waals surface area contributed by atoms with Gasteiger partial charge in [0.15, 0.2) is 5.78 Å². The van der Waals surface area contributed by atoms with E-state index in [9.17, 15) is 23.1 Å². The SMILES string of the molecule is COc1cc(C(=O)N(CCCc2ccccc2)Cc2nc(C(=O)CS(=O)(=O)N3CC(O)C3)c(C)s2)cc(OC)c1C. The number of carbonyl (C=O) groups is 2. The third-order valence-electron chi connectivity index (χ3n) is 6.99. The largest absolute Gasteiger partial charge is 0.496 e. The van der Waals surface area contributed by atoms with Crippen molar-refractivity contribution in [2.75, 3.05) is 39.6 Å². The molecule has 2 heterocycles. The van der Waals surface area contributed by atoms with Crippen molar-refractivity contribution in [3.63, 3.8) is 0 Å². The van der Waals surface area contributed by atoms with Gasteiger partial charge in [0.05, 0.1) is 26.9 Å². The number of thiazole rings is 1. The lowest BCUT2D eigenvalue weighted by atomic mass is 10.1. The minimum absolute atomic E-state index is 0.00839. The Morgan fingerprint density at radius 1 is 1.10 bits per heavy atom. The Bertz CT molecular complexity index is 1470. The van der Waals surface area contributed by atoms with Crippen molar-refractivity contribution < 1.29 is 32.6 Å². The van der Waals surface area contributed by atoms with Crippen molar-refractivity contribution in [3.8, 4) is 11.5 Å². The van der Waals surface area contributed by atoms with Crippen LogP contribution in [0.4, 0.5) is 0 Å². The maximum absolute atomic E-state index is 13.8. The number of methoxy groups -OCH3 is 2. The maximum Gasteiger partial charge on any atom is 0.254 e. The third kappa shape index (κ3) is 7.31. The molecule has 0 atom stereocenters. The Hall–Kier alpha value is -3.32. The molecule has 12 heteroatoms. The van der Waals surface area contributed by atoms with E-state index < -0.39 is 27.7 Å². The second-order valence-corrected chi connectivity index (χ2v) is 13.2. The number of hydrogen-bond acceptors (Lipinski definition) is 9. The zero-order valence-corrected chi connectivity index (χ0v) is 25.3. The van der Waals surface area contributed by atoms with Gasteiger partial charge in [0.25, 0.3) is 5.91 Å². The molecule has 2 aromatic carbocycles. The second kappa shape index (κ2) is 13.1. The summed E-state index contributed by atoms with van der Waals surface area (Å²) in [5, 5.41) is 9.97. The molecular formula is C29H35N3O7S2. The van der Waals surface area contributed by atoms with Crippen LogP contribution in [0.3, 0.4) is 0 Å². The van der Waals surface area contributed by atoms with Crippen LogP contribution >= 0.6 is 11.3 Å². The fraction of sp³-hybridized carbons (Fsp3) is 0.414. The summed E-state index contributed by atoms with van der Waals surface area (Å²) < 4.78 is 37.1. The summed E-state index contributed by atoms with van der Waals surface area (Å²) in [5.41, 5.74) is 2.43. The highest BCUT2D eigenvalue weighted by atomic mass is 32.2. The van der Waals surface area contributed by atoms with Crippen molar-refractivity contribution in [3.05, 3.63) is 74.7 Å². The smallest absolute Gasteiger partial charge is 0.254 e. The fourth-order valence-electron chi connectivity index (χ4n) is 4.67. The van der Waals surface area contributed by atoms with Gasteiger partial charge in [0.2, 0.25) is 10.0 Å². The van der Waals surface area contributed by atoms with Crippen LogP contribution in [0.5, 0.6) is 11.5 Å². The lowest BCUT2D eigenvalue weighted by molar-refractivity contribution is 0.0546. The van der Waals surface area contributed by atoms with E-state index in [0.717, 1.165) is 21.9 Å². The van der Waals surface area contributed by atoms with Gasteiger partial charge in [0.1, 0.15) is 28.0 Å². The minimum atomic E-state index is -3.84. The average Bonchev–Trinajstić information content (AvgIpc) is 3.30. The molecule has 1 saturated heterocycles. The van der Waals surface area contributed by atoms with Gasteiger partial charge >= 0.3 is 0 Å². The summed E-state index contributed by atoms with van der Waals surface area (Å²) in [6.45, 7) is 4.13. The highest BCUT2D eigenvalue weighted by Gasteiger charge is 2.36. The van der Waals surface area contributed by atoms with Gasteiger partial charge in [-0.1, -0.05) is 30.3 Å². The third-order valence-corrected chi connectivity index (χ3v) is 9.66. The average molecular weight is 602 g/mol. The number of hydrogen-bond donors (Lipinski definition) is 1. The van der Waals surface area contributed by atoms with Crippen molar-refractivity contribution in [2.45, 2.75) is 39.3 Å². The summed E-state index contributed by atoms with van der Waals surface area (Å²) >= 11 is 1.26. The Labute approximate surface area is 244 Å². The van der Waals surface area contributed by atoms with E-state index in [0.29, 0.717) is 39.9 Å². The zero-order chi connectivity index (χ0) is 29.7. The van der Waals surface area contributed by atoms with Gasteiger partial charge in [-0.3, -0.25) is 9.59 Å². The molecule has 1 aliphatic rings. The number of Topliss-reactive ketones (excluding diaryl/α,β-unsaturated/α-hetero) is 1. The number of β-amino-alcohol motifs (C(OH)–C–C–N with tert-alkyl or cyclic N) is 1. The van der Waals surface area contributed by atoms with E-state index in [-0.39, 0.29) is 31.2 Å². The zero-order valence-electron chi connectivity index (χ0n) is 23.6. The van der Waals surface area contributed by atoms with E-state index in [2.05, 4.69) is 4.98 Å². The van der Waals surface area contributed by atoms with Crippen molar-refractivity contribution >= 4 is 33.1 Å². The molecule has 220 valence electrons. The monoisotopic (exact) mass is 601 g/mol. The number of aliphatic hydroxyl groups excluding tert-OH is 1. The molecule has 0 radical (unpaired) electrons. The highest BCUT2D eigenvalue weighted by Crippen LogP contribution is 2.31. The van der Waals surface area contributed by atoms with Gasteiger partial charge < -0.3 is 19.5 Å². The molecule has 1 aliphatic heterocycles. The van der Waals surface area contributed by atoms with Gasteiger partial charge in [-0.05, 0) is 44.4 Å². The van der Waals surface area contributed by atoms with Crippen molar-refractivity contribution in [1.82, 2.24) is 14.2 Å². The number of amides is 1. The van der Waals surface area contributed by atoms with Crippen LogP contribution in [0.25, 0.3) is 0 Å². The Morgan fingerprint density at radius 3 is 2.32 bits per heavy atom. The summed E-state index contributed by atoms with van der Waals surface area (Å²) in [7, 11) is -0.766. The standard InChI is InChI=1S/C29H35N3O7S2/c1-19-25(38-3)13-22(14-26(19)39-4)29(35)31(12-8-11-21-9-6-5-7-10-21)17-27-30-28(20(2)40-27)24(34)18-41(36,37)32-15-23(33)16-32/h5-7,9-10,13-14,23,33H,8,11-12,15-18H2,1-4H3. The number of sulfonamides is 1. The molecule has 41 heavy (non-hydrogen) atoms. The molecule has 3 aromatic rings. The number of rotatable bonds is 13. The maximum atomic E-state index is 13.8. The Kier molecular flexibility index (Phi) is 9.80. The molecular weight excluding hydrogens is 566 g/mol. The quantitative estimate of drug-likeness (QED) is 0.296. The minimum Gasteiger partial charge on any atom is -0.496 e. The fourth-order valence-corrected chi connectivity index (χ4v) is 7.09. The van der Waals surface area contributed by atoms with E-state index in [1.54, 1.807) is 24.0 Å². The van der Waals surface area contributed by atoms with Crippen LogP contribution in [-0.4, -0.2) is 85.1 Å². The first kappa shape index (κ1) is 30.6. The van der Waals surface area contributed by atoms with Gasteiger partial charge in [-0.25, -0.2) is 13.4 Å². The molecule has 1 fully saturated rings.